The maximum absolute atomic E-state index is 12.7. The van der Waals surface area contributed by atoms with E-state index in [0.29, 0.717) is 24.2 Å². The second-order valence-corrected chi connectivity index (χ2v) is 7.04. The second kappa shape index (κ2) is 10.7. The maximum Gasteiger partial charge on any atom is 0.269 e. The van der Waals surface area contributed by atoms with Crippen LogP contribution in [0.3, 0.4) is 0 Å². The van der Waals surface area contributed by atoms with Gasteiger partial charge >= 0.3 is 0 Å². The van der Waals surface area contributed by atoms with Gasteiger partial charge in [0.05, 0.1) is 13.2 Å². The zero-order valence-corrected chi connectivity index (χ0v) is 16.8. The molecule has 1 aliphatic heterocycles. The molecule has 2 N–H and O–H groups in total. The van der Waals surface area contributed by atoms with Gasteiger partial charge in [-0.3, -0.25) is 14.5 Å². The molecule has 0 radical (unpaired) electrons. The van der Waals surface area contributed by atoms with E-state index in [1.165, 1.54) is 0 Å². The summed E-state index contributed by atoms with van der Waals surface area (Å²) in [6, 6.07) is 13.2. The molecule has 2 heterocycles. The predicted molar refractivity (Wildman–Crippen MR) is 111 cm³/mol. The van der Waals surface area contributed by atoms with Crippen molar-refractivity contribution in [1.29, 1.82) is 0 Å². The first-order chi connectivity index (χ1) is 14.2. The van der Waals surface area contributed by atoms with Gasteiger partial charge in [-0.1, -0.05) is 30.3 Å². The molecule has 1 aliphatic rings. The summed E-state index contributed by atoms with van der Waals surface area (Å²) in [5.41, 5.74) is 2.47. The van der Waals surface area contributed by atoms with E-state index in [1.807, 2.05) is 30.3 Å². The lowest BCUT2D eigenvalue weighted by Gasteiger charge is -2.26. The number of nitrogens with zero attached hydrogens (tertiary/aromatic N) is 2. The molecule has 1 aromatic heterocycles. The number of benzene rings is 1. The van der Waals surface area contributed by atoms with Gasteiger partial charge in [0.15, 0.2) is 0 Å². The Bertz CT molecular complexity index is 820. The second-order valence-electron chi connectivity index (χ2n) is 7.04. The molecule has 1 fully saturated rings. The van der Waals surface area contributed by atoms with E-state index >= 15 is 0 Å². The molecule has 3 rings (SSSR count). The lowest BCUT2D eigenvalue weighted by molar-refractivity contribution is 0.0374. The molecule has 29 heavy (non-hydrogen) atoms. The number of aromatic nitrogens is 1. The van der Waals surface area contributed by atoms with Crippen molar-refractivity contribution in [3.8, 4) is 0 Å². The van der Waals surface area contributed by atoms with E-state index in [9.17, 15) is 9.59 Å². The Hall–Kier alpha value is -2.77. The van der Waals surface area contributed by atoms with E-state index in [4.69, 9.17) is 4.74 Å². The number of ether oxygens (including phenoxy) is 1. The molecule has 0 unspecified atom stereocenters. The van der Waals surface area contributed by atoms with Gasteiger partial charge in [0.25, 0.3) is 11.8 Å². The Balaban J connectivity index is 1.63. The number of hydrogen-bond donors (Lipinski definition) is 2. The number of nitrogens with one attached hydrogen (secondary N) is 2. The summed E-state index contributed by atoms with van der Waals surface area (Å²) in [6.45, 7) is 4.95. The Morgan fingerprint density at radius 1 is 1.10 bits per heavy atom. The van der Waals surface area contributed by atoms with Crippen molar-refractivity contribution in [3.63, 3.8) is 0 Å². The zero-order valence-electron chi connectivity index (χ0n) is 16.8. The SMILES string of the molecule is CNC(=O)c1cc(C(=O)NCCCN2CCOCC2)cc(Cc2ccccc2)n1. The van der Waals surface area contributed by atoms with Gasteiger partial charge in [0, 0.05) is 44.4 Å². The van der Waals surface area contributed by atoms with Crippen LogP contribution in [0.15, 0.2) is 42.5 Å². The summed E-state index contributed by atoms with van der Waals surface area (Å²) >= 11 is 0. The van der Waals surface area contributed by atoms with Gasteiger partial charge in [0.2, 0.25) is 0 Å². The number of pyridine rings is 1. The molecule has 2 amide bonds. The highest BCUT2D eigenvalue weighted by Crippen LogP contribution is 2.12. The van der Waals surface area contributed by atoms with E-state index in [2.05, 4.69) is 20.5 Å². The van der Waals surface area contributed by atoms with Crippen LogP contribution in [0.2, 0.25) is 0 Å². The standard InChI is InChI=1S/C22H28N4O3/c1-23-22(28)20-16-18(15-19(25-20)14-17-6-3-2-4-7-17)21(27)24-8-5-9-26-10-12-29-13-11-26/h2-4,6-7,15-16H,5,8-14H2,1H3,(H,23,28)(H,24,27). The number of amides is 2. The predicted octanol–water partition coefficient (Wildman–Crippen LogP) is 1.48. The molecule has 7 heteroatoms. The third-order valence-corrected chi connectivity index (χ3v) is 4.87. The van der Waals surface area contributed by atoms with Gasteiger partial charge in [-0.05, 0) is 30.7 Å². The zero-order chi connectivity index (χ0) is 20.5. The Labute approximate surface area is 171 Å². The van der Waals surface area contributed by atoms with E-state index in [-0.39, 0.29) is 17.5 Å². The number of morpholine rings is 1. The summed E-state index contributed by atoms with van der Waals surface area (Å²) in [5.74, 6) is -0.491. The molecule has 0 aliphatic carbocycles. The highest BCUT2D eigenvalue weighted by molar-refractivity contribution is 5.98. The van der Waals surface area contributed by atoms with Crippen LogP contribution >= 0.6 is 0 Å². The molecular formula is C22H28N4O3. The Morgan fingerprint density at radius 2 is 1.86 bits per heavy atom. The quantitative estimate of drug-likeness (QED) is 0.661. The molecule has 0 saturated carbocycles. The number of carbonyl (C=O) groups is 2. The normalized spacial score (nSPS) is 14.4. The maximum atomic E-state index is 12.7. The van der Waals surface area contributed by atoms with Crippen molar-refractivity contribution in [2.75, 3.05) is 46.4 Å². The molecule has 0 bridgehead atoms. The summed E-state index contributed by atoms with van der Waals surface area (Å²) in [6.07, 6.45) is 1.43. The van der Waals surface area contributed by atoms with Gasteiger partial charge in [0.1, 0.15) is 5.69 Å². The van der Waals surface area contributed by atoms with Gasteiger partial charge in [-0.15, -0.1) is 0 Å². The van der Waals surface area contributed by atoms with Crippen molar-refractivity contribution >= 4 is 11.8 Å². The summed E-state index contributed by atoms with van der Waals surface area (Å²) in [5, 5.41) is 5.54. The van der Waals surface area contributed by atoms with Crippen molar-refractivity contribution in [1.82, 2.24) is 20.5 Å². The Kier molecular flexibility index (Phi) is 7.72. The molecule has 0 atom stereocenters. The van der Waals surface area contributed by atoms with Crippen molar-refractivity contribution in [3.05, 3.63) is 65.0 Å². The molecular weight excluding hydrogens is 368 g/mol. The van der Waals surface area contributed by atoms with Crippen LogP contribution in [0.4, 0.5) is 0 Å². The van der Waals surface area contributed by atoms with Crippen LogP contribution in [0, 0.1) is 0 Å². The fraction of sp³-hybridized carbons (Fsp3) is 0.409. The number of carbonyl (C=O) groups excluding carboxylic acids is 2. The first-order valence-corrected chi connectivity index (χ1v) is 10.0. The summed E-state index contributed by atoms with van der Waals surface area (Å²) in [4.78, 5) is 31.5. The van der Waals surface area contributed by atoms with Gasteiger partial charge < -0.3 is 15.4 Å². The Morgan fingerprint density at radius 3 is 2.59 bits per heavy atom. The summed E-state index contributed by atoms with van der Waals surface area (Å²) < 4.78 is 5.35. The number of hydrogen-bond acceptors (Lipinski definition) is 5. The fourth-order valence-electron chi connectivity index (χ4n) is 3.29. The molecule has 1 aromatic carbocycles. The smallest absolute Gasteiger partial charge is 0.269 e. The van der Waals surface area contributed by atoms with Crippen LogP contribution in [0.1, 0.15) is 38.5 Å². The van der Waals surface area contributed by atoms with Crippen LogP contribution < -0.4 is 10.6 Å². The van der Waals surface area contributed by atoms with Gasteiger partial charge in [-0.25, -0.2) is 4.98 Å². The lowest BCUT2D eigenvalue weighted by atomic mass is 10.1. The molecule has 0 spiro atoms. The van der Waals surface area contributed by atoms with Crippen molar-refractivity contribution in [2.24, 2.45) is 0 Å². The minimum Gasteiger partial charge on any atom is -0.379 e. The molecule has 7 nitrogen and oxygen atoms in total. The number of rotatable bonds is 8. The van der Waals surface area contributed by atoms with E-state index in [0.717, 1.165) is 44.8 Å². The first-order valence-electron chi connectivity index (χ1n) is 10.0. The van der Waals surface area contributed by atoms with Crippen LogP contribution in [-0.2, 0) is 11.2 Å². The van der Waals surface area contributed by atoms with Gasteiger partial charge in [-0.2, -0.15) is 0 Å². The average molecular weight is 396 g/mol. The topological polar surface area (TPSA) is 83.6 Å². The minimum atomic E-state index is -0.304. The highest BCUT2D eigenvalue weighted by Gasteiger charge is 2.15. The van der Waals surface area contributed by atoms with Crippen molar-refractivity contribution in [2.45, 2.75) is 12.8 Å². The van der Waals surface area contributed by atoms with Crippen LogP contribution in [0.5, 0.6) is 0 Å². The van der Waals surface area contributed by atoms with Crippen LogP contribution in [0.25, 0.3) is 0 Å². The lowest BCUT2D eigenvalue weighted by Crippen LogP contribution is -2.38. The first kappa shape index (κ1) is 21.0. The minimum absolute atomic E-state index is 0.186. The van der Waals surface area contributed by atoms with E-state index < -0.39 is 0 Å². The monoisotopic (exact) mass is 396 g/mol. The molecule has 1 saturated heterocycles. The molecule has 2 aromatic rings. The average Bonchev–Trinajstić information content (AvgIpc) is 2.77. The summed E-state index contributed by atoms with van der Waals surface area (Å²) in [7, 11) is 1.55. The largest absolute Gasteiger partial charge is 0.379 e. The fourth-order valence-corrected chi connectivity index (χ4v) is 3.29. The third kappa shape index (κ3) is 6.37. The third-order valence-electron chi connectivity index (χ3n) is 4.87. The van der Waals surface area contributed by atoms with Crippen molar-refractivity contribution < 1.29 is 14.3 Å². The van der Waals surface area contributed by atoms with E-state index in [1.54, 1.807) is 19.2 Å². The van der Waals surface area contributed by atoms with Crippen LogP contribution in [-0.4, -0.2) is 68.1 Å². The molecule has 154 valence electrons. The highest BCUT2D eigenvalue weighted by atomic mass is 16.5.